The number of sulfonamides is 1. The van der Waals surface area contributed by atoms with Gasteiger partial charge in [-0.2, -0.15) is 4.52 Å². The molecule has 9 heteroatoms. The van der Waals surface area contributed by atoms with Crippen molar-refractivity contribution in [3.63, 3.8) is 0 Å². The van der Waals surface area contributed by atoms with Crippen LogP contribution < -0.4 is 9.46 Å². The number of hydrogen-bond acceptors (Lipinski definition) is 6. The van der Waals surface area contributed by atoms with Gasteiger partial charge in [0.15, 0.2) is 11.5 Å². The van der Waals surface area contributed by atoms with Crippen LogP contribution in [0.4, 0.5) is 0 Å². The molecule has 0 spiro atoms. The summed E-state index contributed by atoms with van der Waals surface area (Å²) in [6.07, 6.45) is 0. The highest BCUT2D eigenvalue weighted by molar-refractivity contribution is 7.89. The maximum absolute atomic E-state index is 12.2. The first-order chi connectivity index (χ1) is 13.6. The third-order valence-electron chi connectivity index (χ3n) is 3.97. The summed E-state index contributed by atoms with van der Waals surface area (Å²) in [6, 6.07) is 21.2. The Balaban J connectivity index is 1.43. The van der Waals surface area contributed by atoms with Gasteiger partial charge in [0.25, 0.3) is 0 Å². The minimum Gasteiger partial charge on any atom is -0.475 e. The molecule has 0 aliphatic carbocycles. The van der Waals surface area contributed by atoms with Gasteiger partial charge in [0.2, 0.25) is 15.9 Å². The van der Waals surface area contributed by atoms with E-state index in [2.05, 4.69) is 20.0 Å². The molecule has 8 nitrogen and oxygen atoms in total. The van der Waals surface area contributed by atoms with Crippen LogP contribution in [0, 0.1) is 0 Å². The van der Waals surface area contributed by atoms with Crippen molar-refractivity contribution in [2.75, 3.05) is 13.2 Å². The van der Waals surface area contributed by atoms with Gasteiger partial charge < -0.3 is 4.74 Å². The Labute approximate surface area is 161 Å². The van der Waals surface area contributed by atoms with E-state index in [0.29, 0.717) is 17.4 Å². The van der Waals surface area contributed by atoms with E-state index in [0.717, 1.165) is 5.56 Å². The summed E-state index contributed by atoms with van der Waals surface area (Å²) in [5, 5.41) is 12.7. The summed E-state index contributed by atoms with van der Waals surface area (Å²) >= 11 is 0. The van der Waals surface area contributed by atoms with E-state index in [4.69, 9.17) is 4.74 Å². The molecule has 0 aliphatic heterocycles. The predicted molar refractivity (Wildman–Crippen MR) is 103 cm³/mol. The summed E-state index contributed by atoms with van der Waals surface area (Å²) in [5.74, 6) is 0.953. The van der Waals surface area contributed by atoms with Crippen LogP contribution in [0.25, 0.3) is 17.0 Å². The van der Waals surface area contributed by atoms with E-state index in [1.54, 1.807) is 34.8 Å². The Kier molecular flexibility index (Phi) is 5.00. The largest absolute Gasteiger partial charge is 0.475 e. The fourth-order valence-electron chi connectivity index (χ4n) is 2.63. The zero-order valence-electron chi connectivity index (χ0n) is 14.8. The standard InChI is InChI=1S/C19H17N5O3S/c25-28(26,16-9-5-2-6-10-16)20-13-14-27-18-12-11-17-21-22-19(24(17)23-18)15-7-3-1-4-8-15/h1-12,20H,13-14H2. The fourth-order valence-corrected chi connectivity index (χ4v) is 3.67. The van der Waals surface area contributed by atoms with Crippen LogP contribution in [0.5, 0.6) is 5.88 Å². The Morgan fingerprint density at radius 3 is 2.36 bits per heavy atom. The SMILES string of the molecule is O=S(=O)(NCCOc1ccc2nnc(-c3ccccc3)n2n1)c1ccccc1. The third kappa shape index (κ3) is 3.85. The van der Waals surface area contributed by atoms with Gasteiger partial charge in [-0.1, -0.05) is 48.5 Å². The summed E-state index contributed by atoms with van der Waals surface area (Å²) < 4.78 is 34.1. The molecule has 0 fully saturated rings. The van der Waals surface area contributed by atoms with Crippen LogP contribution in [0.15, 0.2) is 77.7 Å². The van der Waals surface area contributed by atoms with Crippen LogP contribution in [0.2, 0.25) is 0 Å². The Morgan fingerprint density at radius 2 is 1.61 bits per heavy atom. The van der Waals surface area contributed by atoms with Gasteiger partial charge in [0, 0.05) is 18.2 Å². The quantitative estimate of drug-likeness (QED) is 0.482. The molecule has 1 N–H and O–H groups in total. The van der Waals surface area contributed by atoms with Crippen LogP contribution in [0.1, 0.15) is 0 Å². The monoisotopic (exact) mass is 395 g/mol. The smallest absolute Gasteiger partial charge is 0.240 e. The van der Waals surface area contributed by atoms with Gasteiger partial charge >= 0.3 is 0 Å². The highest BCUT2D eigenvalue weighted by Gasteiger charge is 2.13. The lowest BCUT2D eigenvalue weighted by molar-refractivity contribution is 0.306. The number of fused-ring (bicyclic) bond motifs is 1. The summed E-state index contributed by atoms with van der Waals surface area (Å²) in [6.45, 7) is 0.248. The normalized spacial score (nSPS) is 11.6. The molecule has 0 aliphatic rings. The average Bonchev–Trinajstić information content (AvgIpc) is 3.16. The van der Waals surface area contributed by atoms with E-state index in [1.807, 2.05) is 30.3 Å². The van der Waals surface area contributed by atoms with Gasteiger partial charge in [-0.25, -0.2) is 13.1 Å². The van der Waals surface area contributed by atoms with Gasteiger partial charge in [0.05, 0.1) is 4.90 Å². The molecule has 0 saturated carbocycles. The molecule has 0 amide bonds. The number of rotatable bonds is 7. The second kappa shape index (κ2) is 7.75. The zero-order valence-corrected chi connectivity index (χ0v) is 15.6. The van der Waals surface area contributed by atoms with Crippen molar-refractivity contribution in [3.05, 3.63) is 72.8 Å². The minimum atomic E-state index is -3.56. The highest BCUT2D eigenvalue weighted by Crippen LogP contribution is 2.18. The fraction of sp³-hybridized carbons (Fsp3) is 0.105. The molecule has 142 valence electrons. The molecule has 0 bridgehead atoms. The first kappa shape index (κ1) is 18.1. The number of benzene rings is 2. The number of nitrogens with zero attached hydrogens (tertiary/aromatic N) is 4. The second-order valence-corrected chi connectivity index (χ2v) is 7.66. The molecule has 0 unspecified atom stereocenters. The number of nitrogens with one attached hydrogen (secondary N) is 1. The van der Waals surface area contributed by atoms with E-state index in [9.17, 15) is 8.42 Å². The first-order valence-corrected chi connectivity index (χ1v) is 10.1. The molecule has 0 radical (unpaired) electrons. The number of aromatic nitrogens is 4. The van der Waals surface area contributed by atoms with Crippen LogP contribution in [-0.2, 0) is 10.0 Å². The van der Waals surface area contributed by atoms with Crippen LogP contribution in [0.3, 0.4) is 0 Å². The van der Waals surface area contributed by atoms with E-state index in [1.165, 1.54) is 12.1 Å². The van der Waals surface area contributed by atoms with Gasteiger partial charge in [-0.3, -0.25) is 0 Å². The van der Waals surface area contributed by atoms with Crippen molar-refractivity contribution in [2.24, 2.45) is 0 Å². The highest BCUT2D eigenvalue weighted by atomic mass is 32.2. The van der Waals surface area contributed by atoms with E-state index in [-0.39, 0.29) is 18.0 Å². The average molecular weight is 395 g/mol. The summed E-state index contributed by atoms with van der Waals surface area (Å²) in [7, 11) is -3.56. The lowest BCUT2D eigenvalue weighted by Crippen LogP contribution is -2.28. The van der Waals surface area contributed by atoms with Crippen molar-refractivity contribution in [1.82, 2.24) is 24.5 Å². The van der Waals surface area contributed by atoms with Crippen LogP contribution >= 0.6 is 0 Å². The Morgan fingerprint density at radius 1 is 0.893 bits per heavy atom. The first-order valence-electron chi connectivity index (χ1n) is 8.59. The maximum Gasteiger partial charge on any atom is 0.240 e. The lowest BCUT2D eigenvalue weighted by Gasteiger charge is -2.08. The van der Waals surface area contributed by atoms with Gasteiger partial charge in [0.1, 0.15) is 6.61 Å². The molecule has 4 rings (SSSR count). The molecule has 0 saturated heterocycles. The number of ether oxygens (including phenoxy) is 1. The van der Waals surface area contributed by atoms with E-state index >= 15 is 0 Å². The molecular formula is C19H17N5O3S. The molecule has 28 heavy (non-hydrogen) atoms. The zero-order chi connectivity index (χ0) is 19.4. The molecular weight excluding hydrogens is 378 g/mol. The van der Waals surface area contributed by atoms with Gasteiger partial charge in [-0.05, 0) is 18.2 Å². The third-order valence-corrected chi connectivity index (χ3v) is 5.44. The van der Waals surface area contributed by atoms with Crippen molar-refractivity contribution in [3.8, 4) is 17.3 Å². The summed E-state index contributed by atoms with van der Waals surface area (Å²) in [5.41, 5.74) is 1.48. The number of hydrogen-bond donors (Lipinski definition) is 1. The van der Waals surface area contributed by atoms with Crippen molar-refractivity contribution in [2.45, 2.75) is 4.90 Å². The van der Waals surface area contributed by atoms with Crippen LogP contribution in [-0.4, -0.2) is 41.4 Å². The Hall–Kier alpha value is -3.30. The van der Waals surface area contributed by atoms with Crippen molar-refractivity contribution < 1.29 is 13.2 Å². The molecule has 2 aromatic heterocycles. The van der Waals surface area contributed by atoms with E-state index < -0.39 is 10.0 Å². The Bertz CT molecular complexity index is 1180. The van der Waals surface area contributed by atoms with Crippen molar-refractivity contribution in [1.29, 1.82) is 0 Å². The molecule has 0 atom stereocenters. The summed E-state index contributed by atoms with van der Waals surface area (Å²) in [4.78, 5) is 0.214. The lowest BCUT2D eigenvalue weighted by atomic mass is 10.2. The molecule has 2 aromatic carbocycles. The predicted octanol–water partition coefficient (Wildman–Crippen LogP) is 2.15. The maximum atomic E-state index is 12.2. The second-order valence-electron chi connectivity index (χ2n) is 5.89. The molecule has 2 heterocycles. The topological polar surface area (TPSA) is 98.5 Å². The minimum absolute atomic E-state index is 0.116. The van der Waals surface area contributed by atoms with Crippen molar-refractivity contribution >= 4 is 15.7 Å². The molecule has 4 aromatic rings. The van der Waals surface area contributed by atoms with Gasteiger partial charge in [-0.15, -0.1) is 15.3 Å².